The summed E-state index contributed by atoms with van der Waals surface area (Å²) in [6.07, 6.45) is 0.666. The number of nitrogens with zero attached hydrogens (tertiary/aromatic N) is 1. The second kappa shape index (κ2) is 8.21. The number of likely N-dealkylation sites (tertiary alicyclic amines) is 1. The number of carboxylic acids is 1. The summed E-state index contributed by atoms with van der Waals surface area (Å²) in [5.74, 6) is 0.296. The van der Waals surface area contributed by atoms with Crippen LogP contribution in [0.5, 0.6) is 11.5 Å². The molecule has 6 heteroatoms. The lowest BCUT2D eigenvalue weighted by Gasteiger charge is -2.23. The molecule has 138 valence electrons. The molecule has 2 aromatic rings. The second-order valence-corrected chi connectivity index (χ2v) is 6.61. The van der Waals surface area contributed by atoms with Crippen molar-refractivity contribution in [1.82, 2.24) is 4.90 Å². The molecule has 6 nitrogen and oxygen atoms in total. The monoisotopic (exact) mass is 357 g/mol. The Balaban J connectivity index is 1.48. The van der Waals surface area contributed by atoms with Gasteiger partial charge in [-0.05, 0) is 36.2 Å². The van der Waals surface area contributed by atoms with Gasteiger partial charge in [0, 0.05) is 19.6 Å². The van der Waals surface area contributed by atoms with Gasteiger partial charge in [0.05, 0.1) is 0 Å². The van der Waals surface area contributed by atoms with Crippen LogP contribution in [0, 0.1) is 0 Å². The Morgan fingerprint density at radius 1 is 1.04 bits per heavy atom. The lowest BCUT2D eigenvalue weighted by molar-refractivity contribution is -0.139. The van der Waals surface area contributed by atoms with Crippen molar-refractivity contribution in [2.24, 2.45) is 0 Å². The van der Waals surface area contributed by atoms with Crippen molar-refractivity contribution in [3.8, 4) is 11.5 Å². The van der Waals surface area contributed by atoms with Crippen LogP contribution in [0.25, 0.3) is 0 Å². The fourth-order valence-corrected chi connectivity index (χ4v) is 3.02. The Bertz CT molecular complexity index is 719. The number of benzene rings is 2. The second-order valence-electron chi connectivity index (χ2n) is 6.61. The average Bonchev–Trinajstić information content (AvgIpc) is 3.01. The number of hydrogen-bond donors (Lipinski definition) is 2. The summed E-state index contributed by atoms with van der Waals surface area (Å²) in [6, 6.07) is 16.8. The lowest BCUT2D eigenvalue weighted by atomic mass is 10.1. The van der Waals surface area contributed by atoms with Crippen molar-refractivity contribution in [2.45, 2.75) is 18.6 Å². The van der Waals surface area contributed by atoms with Crippen molar-refractivity contribution in [3.63, 3.8) is 0 Å². The summed E-state index contributed by atoms with van der Waals surface area (Å²) < 4.78 is 10.8. The van der Waals surface area contributed by atoms with Crippen LogP contribution in [-0.2, 0) is 11.3 Å². The van der Waals surface area contributed by atoms with E-state index in [1.165, 1.54) is 0 Å². The molecule has 3 rings (SSSR count). The molecule has 0 bridgehead atoms. The predicted octanol–water partition coefficient (Wildman–Crippen LogP) is 2.17. The first-order chi connectivity index (χ1) is 12.5. The largest absolute Gasteiger partial charge is 0.491 e. The first-order valence-electron chi connectivity index (χ1n) is 8.59. The van der Waals surface area contributed by atoms with E-state index in [1.807, 2.05) is 42.5 Å². The number of ether oxygens (including phenoxy) is 2. The van der Waals surface area contributed by atoms with Crippen molar-refractivity contribution < 1.29 is 24.5 Å². The van der Waals surface area contributed by atoms with E-state index < -0.39 is 11.6 Å². The molecule has 0 saturated carbocycles. The van der Waals surface area contributed by atoms with Gasteiger partial charge in [-0.2, -0.15) is 0 Å². The maximum absolute atomic E-state index is 10.7. The van der Waals surface area contributed by atoms with E-state index in [-0.39, 0.29) is 13.2 Å². The van der Waals surface area contributed by atoms with Gasteiger partial charge < -0.3 is 19.7 Å². The first kappa shape index (κ1) is 18.2. The van der Waals surface area contributed by atoms with Crippen LogP contribution in [0.2, 0.25) is 0 Å². The van der Waals surface area contributed by atoms with Gasteiger partial charge in [-0.1, -0.05) is 30.3 Å². The van der Waals surface area contributed by atoms with Crippen molar-refractivity contribution in [1.29, 1.82) is 0 Å². The van der Waals surface area contributed by atoms with E-state index in [0.29, 0.717) is 25.3 Å². The smallest absolute Gasteiger partial charge is 0.341 e. The number of para-hydroxylation sites is 1. The van der Waals surface area contributed by atoms with Gasteiger partial charge in [-0.25, -0.2) is 4.79 Å². The third-order valence-electron chi connectivity index (χ3n) is 4.35. The highest BCUT2D eigenvalue weighted by molar-refractivity contribution is 5.68. The van der Waals surface area contributed by atoms with Crippen LogP contribution in [0.15, 0.2) is 54.6 Å². The van der Waals surface area contributed by atoms with Crippen molar-refractivity contribution in [3.05, 3.63) is 60.2 Å². The van der Waals surface area contributed by atoms with Crippen LogP contribution in [0.3, 0.4) is 0 Å². The number of hydrogen-bond acceptors (Lipinski definition) is 5. The minimum Gasteiger partial charge on any atom is -0.491 e. The van der Waals surface area contributed by atoms with Gasteiger partial charge >= 0.3 is 5.97 Å². The zero-order valence-electron chi connectivity index (χ0n) is 14.5. The number of rotatable bonds is 8. The Hall–Kier alpha value is -2.57. The molecule has 2 N–H and O–H groups in total. The van der Waals surface area contributed by atoms with Crippen LogP contribution in [0.4, 0.5) is 0 Å². The van der Waals surface area contributed by atoms with Gasteiger partial charge in [0.1, 0.15) is 23.7 Å². The molecule has 1 atom stereocenters. The lowest BCUT2D eigenvalue weighted by Crippen LogP contribution is -2.39. The first-order valence-corrected chi connectivity index (χ1v) is 8.59. The molecule has 1 aliphatic heterocycles. The molecule has 1 aliphatic rings. The fourth-order valence-electron chi connectivity index (χ4n) is 3.02. The molecule has 0 aromatic heterocycles. The number of β-amino-alcohol motifs (C(OH)–C–C–N with tert-alkyl or cyclic N) is 1. The zero-order chi connectivity index (χ0) is 18.4. The van der Waals surface area contributed by atoms with Gasteiger partial charge in [0.25, 0.3) is 0 Å². The molecule has 0 radical (unpaired) electrons. The summed E-state index contributed by atoms with van der Waals surface area (Å²) >= 11 is 0. The highest BCUT2D eigenvalue weighted by Crippen LogP contribution is 2.25. The molecule has 0 amide bonds. The van der Waals surface area contributed by atoms with E-state index in [0.717, 1.165) is 17.9 Å². The maximum atomic E-state index is 10.7. The SMILES string of the molecule is O=C(O)COc1ccc(CN2CC[C@](O)(COc3ccccc3)C2)cc1. The molecule has 2 aromatic carbocycles. The molecule has 0 spiro atoms. The molecule has 1 fully saturated rings. The molecule has 0 aliphatic carbocycles. The standard InChI is InChI=1S/C20H23NO5/c22-19(23)13-25-18-8-6-16(7-9-18)12-21-11-10-20(24,14-21)15-26-17-4-2-1-3-5-17/h1-9,24H,10-15H2,(H,22,23)/t20-/m1/s1. The Labute approximate surface area is 152 Å². The third-order valence-corrected chi connectivity index (χ3v) is 4.35. The van der Waals surface area contributed by atoms with Crippen LogP contribution < -0.4 is 9.47 Å². The fraction of sp³-hybridized carbons (Fsp3) is 0.350. The highest BCUT2D eigenvalue weighted by atomic mass is 16.5. The molecule has 1 heterocycles. The van der Waals surface area contributed by atoms with E-state index >= 15 is 0 Å². The molecule has 0 unspecified atom stereocenters. The van der Waals surface area contributed by atoms with Gasteiger partial charge in [0.2, 0.25) is 0 Å². The van der Waals surface area contributed by atoms with E-state index in [9.17, 15) is 9.90 Å². The normalized spacial score (nSPS) is 20.0. The highest BCUT2D eigenvalue weighted by Gasteiger charge is 2.36. The maximum Gasteiger partial charge on any atom is 0.341 e. The topological polar surface area (TPSA) is 79.2 Å². The average molecular weight is 357 g/mol. The Kier molecular flexibility index (Phi) is 5.75. The van der Waals surface area contributed by atoms with Crippen LogP contribution in [-0.4, -0.2) is 53.0 Å². The van der Waals surface area contributed by atoms with Gasteiger partial charge in [-0.15, -0.1) is 0 Å². The quantitative estimate of drug-likeness (QED) is 0.754. The number of carbonyl (C=O) groups is 1. The molecule has 26 heavy (non-hydrogen) atoms. The predicted molar refractivity (Wildman–Crippen MR) is 96.4 cm³/mol. The van der Waals surface area contributed by atoms with Crippen molar-refractivity contribution >= 4 is 5.97 Å². The number of aliphatic carboxylic acids is 1. The van der Waals surface area contributed by atoms with Crippen LogP contribution in [0.1, 0.15) is 12.0 Å². The number of carboxylic acid groups (broad SMARTS) is 1. The zero-order valence-corrected chi connectivity index (χ0v) is 14.5. The summed E-state index contributed by atoms with van der Waals surface area (Å²) in [7, 11) is 0. The van der Waals surface area contributed by atoms with Crippen LogP contribution >= 0.6 is 0 Å². The summed E-state index contributed by atoms with van der Waals surface area (Å²) in [4.78, 5) is 12.7. The summed E-state index contributed by atoms with van der Waals surface area (Å²) in [6.45, 7) is 1.99. The molecule has 1 saturated heterocycles. The third kappa shape index (κ3) is 5.21. The van der Waals surface area contributed by atoms with E-state index in [4.69, 9.17) is 14.6 Å². The van der Waals surface area contributed by atoms with Crippen molar-refractivity contribution in [2.75, 3.05) is 26.3 Å². The minimum atomic E-state index is -0.997. The molecular formula is C20H23NO5. The summed E-state index contributed by atoms with van der Waals surface area (Å²) in [5, 5.41) is 19.3. The molecular weight excluding hydrogens is 334 g/mol. The Morgan fingerprint density at radius 2 is 1.73 bits per heavy atom. The number of aliphatic hydroxyl groups is 1. The van der Waals surface area contributed by atoms with Gasteiger partial charge in [0.15, 0.2) is 6.61 Å². The van der Waals surface area contributed by atoms with Gasteiger partial charge in [-0.3, -0.25) is 4.90 Å². The van der Waals surface area contributed by atoms with E-state index in [1.54, 1.807) is 12.1 Å². The van der Waals surface area contributed by atoms with E-state index in [2.05, 4.69) is 4.90 Å². The summed E-state index contributed by atoms with van der Waals surface area (Å²) in [5.41, 5.74) is 0.237. The Morgan fingerprint density at radius 3 is 2.42 bits per heavy atom. The minimum absolute atomic E-state index is 0.273.